The lowest BCUT2D eigenvalue weighted by atomic mass is 9.96. The minimum atomic E-state index is -0.133. The molecule has 6 nitrogen and oxygen atoms in total. The summed E-state index contributed by atoms with van der Waals surface area (Å²) in [5.41, 5.74) is 10.9. The maximum absolute atomic E-state index is 12.0. The normalized spacial score (nSPS) is 16.9. The summed E-state index contributed by atoms with van der Waals surface area (Å²) in [7, 11) is 0. The molecule has 0 spiro atoms. The van der Waals surface area contributed by atoms with Gasteiger partial charge in [0, 0.05) is 41.1 Å². The fourth-order valence-electron chi connectivity index (χ4n) is 5.54. The molecule has 1 amide bonds. The first-order chi connectivity index (χ1) is 18.7. The molecule has 2 N–H and O–H groups in total. The summed E-state index contributed by atoms with van der Waals surface area (Å²) in [6.45, 7) is 12.5. The monoisotopic (exact) mass is 537 g/mol. The van der Waals surface area contributed by atoms with Crippen molar-refractivity contribution in [2.24, 2.45) is 0 Å². The van der Waals surface area contributed by atoms with E-state index in [1.807, 2.05) is 44.3 Å². The van der Waals surface area contributed by atoms with Crippen molar-refractivity contribution in [2.45, 2.75) is 60.0 Å². The average molecular weight is 538 g/mol. The highest BCUT2D eigenvalue weighted by atomic mass is 32.1. The van der Waals surface area contributed by atoms with E-state index in [-0.39, 0.29) is 18.0 Å². The SMILES string of the molecule is CCC(=O)Nc1ccc(N2C(=S)N[C@@H](c3ccccn3)[C@@H]2c2cc(C)n(-c3cc(C)ccc3C)c2C)cc1C. The number of rotatable bonds is 6. The summed E-state index contributed by atoms with van der Waals surface area (Å²) in [5.74, 6) is -0.00353. The number of benzene rings is 2. The Morgan fingerprint density at radius 2 is 1.79 bits per heavy atom. The van der Waals surface area contributed by atoms with Crippen molar-refractivity contribution < 1.29 is 4.79 Å². The summed E-state index contributed by atoms with van der Waals surface area (Å²) in [4.78, 5) is 18.9. The van der Waals surface area contributed by atoms with Gasteiger partial charge in [-0.1, -0.05) is 25.1 Å². The maximum Gasteiger partial charge on any atom is 0.224 e. The number of nitrogens with zero attached hydrogens (tertiary/aromatic N) is 3. The van der Waals surface area contributed by atoms with Crippen LogP contribution in [0.2, 0.25) is 0 Å². The first kappa shape index (κ1) is 26.6. The second kappa shape index (κ2) is 10.7. The van der Waals surface area contributed by atoms with Crippen LogP contribution in [0.25, 0.3) is 5.69 Å². The minimum absolute atomic E-state index is 0.00353. The van der Waals surface area contributed by atoms with Crippen LogP contribution in [0.3, 0.4) is 0 Å². The summed E-state index contributed by atoms with van der Waals surface area (Å²) >= 11 is 5.97. The molecule has 7 heteroatoms. The Kier molecular flexibility index (Phi) is 7.28. The van der Waals surface area contributed by atoms with Gasteiger partial charge in [0.25, 0.3) is 0 Å². The Morgan fingerprint density at radius 1 is 1.00 bits per heavy atom. The minimum Gasteiger partial charge on any atom is -0.351 e. The van der Waals surface area contributed by atoms with Gasteiger partial charge in [0.1, 0.15) is 0 Å². The average Bonchev–Trinajstić information content (AvgIpc) is 3.41. The molecule has 1 aliphatic rings. The van der Waals surface area contributed by atoms with Gasteiger partial charge in [-0.15, -0.1) is 0 Å². The molecule has 5 rings (SSSR count). The summed E-state index contributed by atoms with van der Waals surface area (Å²) in [6.07, 6.45) is 2.26. The molecular weight excluding hydrogens is 502 g/mol. The van der Waals surface area contributed by atoms with Gasteiger partial charge in [0.15, 0.2) is 5.11 Å². The quantitative estimate of drug-likeness (QED) is 0.261. The Morgan fingerprint density at radius 3 is 2.49 bits per heavy atom. The number of hydrogen-bond donors (Lipinski definition) is 2. The van der Waals surface area contributed by atoms with Crippen molar-refractivity contribution in [2.75, 3.05) is 10.2 Å². The van der Waals surface area contributed by atoms with Gasteiger partial charge in [-0.05, 0) is 112 Å². The molecule has 2 atom stereocenters. The van der Waals surface area contributed by atoms with Crippen LogP contribution < -0.4 is 15.5 Å². The molecule has 3 heterocycles. The zero-order valence-electron chi connectivity index (χ0n) is 23.4. The number of nitrogens with one attached hydrogen (secondary N) is 2. The van der Waals surface area contributed by atoms with Crippen LogP contribution in [0.1, 0.15) is 64.8 Å². The smallest absolute Gasteiger partial charge is 0.224 e. The molecule has 4 aromatic rings. The lowest BCUT2D eigenvalue weighted by Crippen LogP contribution is -2.29. The summed E-state index contributed by atoms with van der Waals surface area (Å²) in [5, 5.41) is 7.22. The highest BCUT2D eigenvalue weighted by molar-refractivity contribution is 7.80. The van der Waals surface area contributed by atoms with Crippen LogP contribution in [-0.2, 0) is 4.79 Å². The second-order valence-corrected chi connectivity index (χ2v) is 10.7. The number of anilines is 2. The standard InChI is InChI=1S/C32H35N5OS/c1-7-29(38)34-26-14-13-24(17-21(26)4)37-31(30(35-32(37)39)27-10-8-9-15-33-27)25-18-22(5)36(23(25)6)28-16-19(2)11-12-20(28)3/h8-18,30-31H,7H2,1-6H3,(H,34,38)(H,35,39)/t30-,31-/m0/s1. The van der Waals surface area contributed by atoms with Gasteiger partial charge in [-0.25, -0.2) is 0 Å². The third-order valence-electron chi connectivity index (χ3n) is 7.58. The summed E-state index contributed by atoms with van der Waals surface area (Å²) in [6, 6.07) is 20.7. The van der Waals surface area contributed by atoms with Gasteiger partial charge < -0.3 is 20.1 Å². The number of amides is 1. The molecule has 0 radical (unpaired) electrons. The Hall–Kier alpha value is -3.97. The molecule has 1 saturated heterocycles. The van der Waals surface area contributed by atoms with E-state index in [1.165, 1.54) is 33.8 Å². The number of pyridine rings is 1. The second-order valence-electron chi connectivity index (χ2n) is 10.3. The number of aromatic nitrogens is 2. The van der Waals surface area contributed by atoms with Gasteiger partial charge in [0.2, 0.25) is 5.91 Å². The van der Waals surface area contributed by atoms with Crippen LogP contribution >= 0.6 is 12.2 Å². The fourth-order valence-corrected chi connectivity index (χ4v) is 5.89. The van der Waals surface area contributed by atoms with E-state index in [1.54, 1.807) is 0 Å². The molecule has 39 heavy (non-hydrogen) atoms. The predicted octanol–water partition coefficient (Wildman–Crippen LogP) is 6.94. The molecule has 0 saturated carbocycles. The number of thiocarbonyl (C=S) groups is 1. The third kappa shape index (κ3) is 4.94. The van der Waals surface area contributed by atoms with Crippen LogP contribution in [0.4, 0.5) is 11.4 Å². The lowest BCUT2D eigenvalue weighted by Gasteiger charge is -2.29. The van der Waals surface area contributed by atoms with Crippen LogP contribution in [0.5, 0.6) is 0 Å². The van der Waals surface area contributed by atoms with Crippen molar-refractivity contribution in [1.29, 1.82) is 0 Å². The zero-order chi connectivity index (χ0) is 27.8. The van der Waals surface area contributed by atoms with Gasteiger partial charge in [0.05, 0.1) is 17.8 Å². The maximum atomic E-state index is 12.0. The molecule has 200 valence electrons. The van der Waals surface area contributed by atoms with Crippen LogP contribution in [0, 0.1) is 34.6 Å². The van der Waals surface area contributed by atoms with Crippen molar-refractivity contribution in [3.8, 4) is 5.69 Å². The molecule has 0 aliphatic carbocycles. The molecule has 2 aromatic heterocycles. The number of aryl methyl sites for hydroxylation is 4. The van der Waals surface area contributed by atoms with E-state index in [0.29, 0.717) is 11.5 Å². The van der Waals surface area contributed by atoms with Gasteiger partial charge >= 0.3 is 0 Å². The fraction of sp³-hybridized carbons (Fsp3) is 0.281. The topological polar surface area (TPSA) is 62.2 Å². The van der Waals surface area contributed by atoms with Crippen molar-refractivity contribution in [3.05, 3.63) is 106 Å². The van der Waals surface area contributed by atoms with Crippen molar-refractivity contribution >= 4 is 34.6 Å². The first-order valence-electron chi connectivity index (χ1n) is 13.4. The molecule has 0 bridgehead atoms. The van der Waals surface area contributed by atoms with Crippen LogP contribution in [-0.4, -0.2) is 20.6 Å². The van der Waals surface area contributed by atoms with Crippen LogP contribution in [0.15, 0.2) is 66.9 Å². The lowest BCUT2D eigenvalue weighted by molar-refractivity contribution is -0.115. The Bertz CT molecular complexity index is 1560. The molecule has 1 aliphatic heterocycles. The predicted molar refractivity (Wildman–Crippen MR) is 163 cm³/mol. The van der Waals surface area contributed by atoms with E-state index < -0.39 is 0 Å². The van der Waals surface area contributed by atoms with E-state index in [0.717, 1.165) is 22.6 Å². The number of hydrogen-bond acceptors (Lipinski definition) is 3. The summed E-state index contributed by atoms with van der Waals surface area (Å²) < 4.78 is 2.35. The van der Waals surface area contributed by atoms with E-state index in [9.17, 15) is 4.79 Å². The Balaban J connectivity index is 1.65. The van der Waals surface area contributed by atoms with E-state index >= 15 is 0 Å². The largest absolute Gasteiger partial charge is 0.351 e. The molecule has 0 unspecified atom stereocenters. The molecular formula is C32H35N5OS. The van der Waals surface area contributed by atoms with Gasteiger partial charge in [-0.2, -0.15) is 0 Å². The van der Waals surface area contributed by atoms with Gasteiger partial charge in [-0.3, -0.25) is 9.78 Å². The van der Waals surface area contributed by atoms with Crippen molar-refractivity contribution in [3.63, 3.8) is 0 Å². The zero-order valence-corrected chi connectivity index (χ0v) is 24.2. The van der Waals surface area contributed by atoms with E-state index in [2.05, 4.69) is 84.2 Å². The molecule has 2 aromatic carbocycles. The van der Waals surface area contributed by atoms with Crippen molar-refractivity contribution in [1.82, 2.24) is 14.9 Å². The highest BCUT2D eigenvalue weighted by Crippen LogP contribution is 2.44. The Labute approximate surface area is 236 Å². The highest BCUT2D eigenvalue weighted by Gasteiger charge is 2.42. The molecule has 1 fully saturated rings. The third-order valence-corrected chi connectivity index (χ3v) is 7.89. The number of carbonyl (C=O) groups excluding carboxylic acids is 1. The number of carbonyl (C=O) groups is 1. The van der Waals surface area contributed by atoms with E-state index in [4.69, 9.17) is 17.2 Å². The first-order valence-corrected chi connectivity index (χ1v) is 13.8.